The van der Waals surface area contributed by atoms with Crippen molar-refractivity contribution < 1.29 is 13.9 Å². The molecule has 29 heavy (non-hydrogen) atoms. The summed E-state index contributed by atoms with van der Waals surface area (Å²) in [5.74, 6) is 1.16. The van der Waals surface area contributed by atoms with Gasteiger partial charge in [-0.15, -0.1) is 0 Å². The number of anilines is 1. The van der Waals surface area contributed by atoms with E-state index in [0.717, 1.165) is 44.2 Å². The number of methoxy groups -OCH3 is 1. The minimum absolute atomic E-state index is 0.209. The highest BCUT2D eigenvalue weighted by molar-refractivity contribution is 6.30. The zero-order valence-electron chi connectivity index (χ0n) is 17.2. The number of likely N-dealkylation sites (N-methyl/N-ethyl adjacent to an activating group) is 1. The van der Waals surface area contributed by atoms with E-state index in [1.54, 1.807) is 7.11 Å². The Labute approximate surface area is 176 Å². The van der Waals surface area contributed by atoms with Gasteiger partial charge < -0.3 is 24.3 Å². The SMILES string of the molecule is COc1ccc(Cl)cc1N1CCN(Cc2nc(C(=O)NCCN(C)C)co2)CC1. The molecule has 8 nitrogen and oxygen atoms in total. The normalized spacial score (nSPS) is 15.0. The molecule has 1 saturated heterocycles. The lowest BCUT2D eigenvalue weighted by atomic mass is 10.2. The first-order valence-electron chi connectivity index (χ1n) is 9.64. The third kappa shape index (κ3) is 5.85. The van der Waals surface area contributed by atoms with Crippen molar-refractivity contribution in [3.8, 4) is 5.75 Å². The lowest BCUT2D eigenvalue weighted by Crippen LogP contribution is -2.46. The fraction of sp³-hybridized carbons (Fsp3) is 0.500. The third-order valence-corrected chi connectivity index (χ3v) is 5.08. The Morgan fingerprint density at radius 1 is 1.31 bits per heavy atom. The highest BCUT2D eigenvalue weighted by Gasteiger charge is 2.22. The fourth-order valence-electron chi connectivity index (χ4n) is 3.22. The van der Waals surface area contributed by atoms with Crippen molar-refractivity contribution in [2.45, 2.75) is 6.54 Å². The summed E-state index contributed by atoms with van der Waals surface area (Å²) in [6, 6.07) is 5.66. The van der Waals surface area contributed by atoms with Crippen LogP contribution >= 0.6 is 11.6 Å². The first-order valence-corrected chi connectivity index (χ1v) is 10.0. The van der Waals surface area contributed by atoms with Gasteiger partial charge in [-0.25, -0.2) is 4.98 Å². The van der Waals surface area contributed by atoms with Crippen molar-refractivity contribution in [1.82, 2.24) is 20.1 Å². The predicted octanol–water partition coefficient (Wildman–Crippen LogP) is 1.95. The molecule has 0 radical (unpaired) electrons. The maximum Gasteiger partial charge on any atom is 0.273 e. The van der Waals surface area contributed by atoms with Crippen LogP contribution in [0.3, 0.4) is 0 Å². The standard InChI is InChI=1S/C20H28ClN5O3/c1-24(2)7-6-22-20(27)16-14-29-19(23-16)13-25-8-10-26(11-9-25)17-12-15(21)4-5-18(17)28-3/h4-5,12,14H,6-11,13H2,1-3H3,(H,22,27). The molecule has 0 atom stereocenters. The molecule has 0 spiro atoms. The summed E-state index contributed by atoms with van der Waals surface area (Å²) in [4.78, 5) is 23.0. The molecule has 1 aliphatic rings. The van der Waals surface area contributed by atoms with Gasteiger partial charge in [0.2, 0.25) is 5.89 Å². The van der Waals surface area contributed by atoms with Crippen LogP contribution in [0.25, 0.3) is 0 Å². The number of carbonyl (C=O) groups excluding carboxylic acids is 1. The van der Waals surface area contributed by atoms with Gasteiger partial charge in [0.1, 0.15) is 12.0 Å². The molecule has 1 amide bonds. The van der Waals surface area contributed by atoms with Gasteiger partial charge in [0.15, 0.2) is 5.69 Å². The van der Waals surface area contributed by atoms with Crippen molar-refractivity contribution >= 4 is 23.2 Å². The van der Waals surface area contributed by atoms with Crippen molar-refractivity contribution in [3.63, 3.8) is 0 Å². The van der Waals surface area contributed by atoms with Crippen LogP contribution in [-0.2, 0) is 6.54 Å². The van der Waals surface area contributed by atoms with E-state index in [9.17, 15) is 4.79 Å². The monoisotopic (exact) mass is 421 g/mol. The summed E-state index contributed by atoms with van der Waals surface area (Å²) in [5, 5.41) is 3.53. The van der Waals surface area contributed by atoms with Crippen LogP contribution in [0.15, 0.2) is 28.9 Å². The quantitative estimate of drug-likeness (QED) is 0.698. The second-order valence-electron chi connectivity index (χ2n) is 7.27. The highest BCUT2D eigenvalue weighted by Crippen LogP contribution is 2.31. The van der Waals surface area contributed by atoms with Crippen LogP contribution in [0.2, 0.25) is 5.02 Å². The van der Waals surface area contributed by atoms with E-state index in [0.29, 0.717) is 29.7 Å². The molecule has 0 saturated carbocycles. The molecular formula is C20H28ClN5O3. The summed E-state index contributed by atoms with van der Waals surface area (Å²) < 4.78 is 11.0. The Kier molecular flexibility index (Phi) is 7.35. The molecule has 1 aromatic carbocycles. The van der Waals surface area contributed by atoms with E-state index >= 15 is 0 Å². The average Bonchev–Trinajstić information content (AvgIpc) is 3.17. The number of benzene rings is 1. The Hall–Kier alpha value is -2.29. The maximum atomic E-state index is 12.1. The smallest absolute Gasteiger partial charge is 0.273 e. The molecule has 0 aliphatic carbocycles. The van der Waals surface area contributed by atoms with E-state index in [1.807, 2.05) is 37.2 Å². The number of nitrogens with zero attached hydrogens (tertiary/aromatic N) is 4. The summed E-state index contributed by atoms with van der Waals surface area (Å²) in [5.41, 5.74) is 1.33. The van der Waals surface area contributed by atoms with E-state index < -0.39 is 0 Å². The van der Waals surface area contributed by atoms with Crippen LogP contribution < -0.4 is 15.0 Å². The summed E-state index contributed by atoms with van der Waals surface area (Å²) >= 11 is 6.16. The van der Waals surface area contributed by atoms with Crippen LogP contribution in [0, 0.1) is 0 Å². The van der Waals surface area contributed by atoms with Gasteiger partial charge in [-0.05, 0) is 32.3 Å². The molecule has 2 aromatic rings. The number of hydrogen-bond donors (Lipinski definition) is 1. The first kappa shape index (κ1) is 21.4. The topological polar surface area (TPSA) is 74.1 Å². The van der Waals surface area contributed by atoms with Gasteiger partial charge in [0.05, 0.1) is 19.3 Å². The van der Waals surface area contributed by atoms with Gasteiger partial charge in [0, 0.05) is 44.3 Å². The highest BCUT2D eigenvalue weighted by atomic mass is 35.5. The lowest BCUT2D eigenvalue weighted by molar-refractivity contribution is 0.0946. The number of oxazole rings is 1. The molecule has 0 bridgehead atoms. The van der Waals surface area contributed by atoms with E-state index in [1.165, 1.54) is 6.26 Å². The summed E-state index contributed by atoms with van der Waals surface area (Å²) in [6.45, 7) is 5.31. The number of hydrogen-bond acceptors (Lipinski definition) is 7. The zero-order chi connectivity index (χ0) is 20.8. The molecular weight excluding hydrogens is 394 g/mol. The number of ether oxygens (including phenoxy) is 1. The average molecular weight is 422 g/mol. The van der Waals surface area contributed by atoms with Crippen molar-refractivity contribution in [1.29, 1.82) is 0 Å². The second kappa shape index (κ2) is 9.96. The molecule has 0 unspecified atom stereocenters. The first-order chi connectivity index (χ1) is 14.0. The lowest BCUT2D eigenvalue weighted by Gasteiger charge is -2.36. The van der Waals surface area contributed by atoms with E-state index in [2.05, 4.69) is 20.1 Å². The van der Waals surface area contributed by atoms with Crippen LogP contribution in [0.4, 0.5) is 5.69 Å². The number of rotatable bonds is 8. The number of amides is 1. The maximum absolute atomic E-state index is 12.1. The Morgan fingerprint density at radius 2 is 2.07 bits per heavy atom. The Bertz CT molecular complexity index is 818. The second-order valence-corrected chi connectivity index (χ2v) is 7.70. The molecule has 1 fully saturated rings. The van der Waals surface area contributed by atoms with Crippen molar-refractivity contribution in [3.05, 3.63) is 41.1 Å². The van der Waals surface area contributed by atoms with Crippen molar-refractivity contribution in [2.75, 3.05) is 65.4 Å². The van der Waals surface area contributed by atoms with Gasteiger partial charge in [-0.3, -0.25) is 9.69 Å². The fourth-order valence-corrected chi connectivity index (χ4v) is 3.39. The van der Waals surface area contributed by atoms with Crippen LogP contribution in [-0.4, -0.2) is 81.2 Å². The van der Waals surface area contributed by atoms with Gasteiger partial charge in [-0.1, -0.05) is 11.6 Å². The van der Waals surface area contributed by atoms with Crippen molar-refractivity contribution in [2.24, 2.45) is 0 Å². The molecule has 3 rings (SSSR count). The predicted molar refractivity (Wildman–Crippen MR) is 113 cm³/mol. The molecule has 158 valence electrons. The number of halogens is 1. The third-order valence-electron chi connectivity index (χ3n) is 4.84. The number of carbonyl (C=O) groups is 1. The van der Waals surface area contributed by atoms with Crippen LogP contribution in [0.1, 0.15) is 16.4 Å². The zero-order valence-corrected chi connectivity index (χ0v) is 17.9. The molecule has 1 aromatic heterocycles. The van der Waals surface area contributed by atoms with Gasteiger partial charge >= 0.3 is 0 Å². The van der Waals surface area contributed by atoms with Gasteiger partial charge in [-0.2, -0.15) is 0 Å². The minimum atomic E-state index is -0.209. The largest absolute Gasteiger partial charge is 0.495 e. The Morgan fingerprint density at radius 3 is 2.76 bits per heavy atom. The van der Waals surface area contributed by atoms with Crippen LogP contribution in [0.5, 0.6) is 5.75 Å². The minimum Gasteiger partial charge on any atom is -0.495 e. The molecule has 1 aliphatic heterocycles. The van der Waals surface area contributed by atoms with Gasteiger partial charge in [0.25, 0.3) is 5.91 Å². The summed E-state index contributed by atoms with van der Waals surface area (Å²) in [6.07, 6.45) is 1.42. The molecule has 1 N–H and O–H groups in total. The number of nitrogens with one attached hydrogen (secondary N) is 1. The molecule has 2 heterocycles. The van der Waals surface area contributed by atoms with E-state index in [4.69, 9.17) is 20.8 Å². The summed E-state index contributed by atoms with van der Waals surface area (Å²) in [7, 11) is 5.59. The number of aromatic nitrogens is 1. The number of piperazine rings is 1. The Balaban J connectivity index is 1.51. The van der Waals surface area contributed by atoms with E-state index in [-0.39, 0.29) is 5.91 Å². The molecule has 9 heteroatoms.